The van der Waals surface area contributed by atoms with Gasteiger partial charge in [0.25, 0.3) is 0 Å². The summed E-state index contributed by atoms with van der Waals surface area (Å²) in [4.78, 5) is 10.8. The Hall–Kier alpha value is -2.07. The van der Waals surface area contributed by atoms with Crippen LogP contribution in [0.5, 0.6) is 0 Å². The quantitative estimate of drug-likeness (QED) is 0.655. The van der Waals surface area contributed by atoms with Gasteiger partial charge in [0.05, 0.1) is 6.54 Å². The second kappa shape index (κ2) is 4.55. The van der Waals surface area contributed by atoms with Crippen LogP contribution in [-0.2, 0) is 0 Å². The molecule has 0 bridgehead atoms. The molecule has 2 atom stereocenters. The molecule has 3 rings (SSSR count). The normalized spacial score (nSPS) is 21.3. The maximum atomic E-state index is 10.8. The molecule has 98 valence electrons. The summed E-state index contributed by atoms with van der Waals surface area (Å²) in [6, 6.07) is 13.9. The Labute approximate surface area is 111 Å². The van der Waals surface area contributed by atoms with Crippen LogP contribution < -0.4 is 5.73 Å². The number of rotatable bonds is 3. The molecule has 0 aromatic heterocycles. The van der Waals surface area contributed by atoms with Crippen LogP contribution in [0.25, 0.3) is 10.8 Å². The van der Waals surface area contributed by atoms with Gasteiger partial charge in [-0.25, -0.2) is 9.86 Å². The minimum absolute atomic E-state index is 0.304. The molecule has 0 heterocycles. The number of hydrogen-bond acceptors (Lipinski definition) is 2. The summed E-state index contributed by atoms with van der Waals surface area (Å²) in [5, 5.41) is 12.4. The SMILES string of the molecule is NC(=O)N(O)CC1CC1c1ccc2ccccc2c1. The van der Waals surface area contributed by atoms with Gasteiger partial charge in [0.1, 0.15) is 0 Å². The van der Waals surface area contributed by atoms with E-state index in [0.29, 0.717) is 23.4 Å². The molecule has 0 saturated heterocycles. The molecule has 0 aliphatic heterocycles. The van der Waals surface area contributed by atoms with Gasteiger partial charge in [-0.2, -0.15) is 0 Å². The maximum absolute atomic E-state index is 10.8. The number of fused-ring (bicyclic) bond motifs is 1. The van der Waals surface area contributed by atoms with Crippen molar-refractivity contribution in [2.75, 3.05) is 6.54 Å². The predicted octanol–water partition coefficient (Wildman–Crippen LogP) is 2.71. The standard InChI is InChI=1S/C15H16N2O2/c16-15(18)17(19)9-13-8-14(13)12-6-5-10-3-1-2-4-11(10)7-12/h1-7,13-14,19H,8-9H2,(H2,16,18). The van der Waals surface area contributed by atoms with E-state index >= 15 is 0 Å². The van der Waals surface area contributed by atoms with Crippen LogP contribution in [0.1, 0.15) is 17.9 Å². The molecule has 2 aromatic carbocycles. The van der Waals surface area contributed by atoms with Crippen molar-refractivity contribution in [3.63, 3.8) is 0 Å². The molecular formula is C15H16N2O2. The lowest BCUT2D eigenvalue weighted by Gasteiger charge is -2.11. The molecule has 3 N–H and O–H groups in total. The fourth-order valence-electron chi connectivity index (χ4n) is 2.61. The van der Waals surface area contributed by atoms with Gasteiger partial charge in [-0.15, -0.1) is 0 Å². The molecular weight excluding hydrogens is 240 g/mol. The van der Waals surface area contributed by atoms with Crippen LogP contribution in [0, 0.1) is 5.92 Å². The smallest absolute Gasteiger partial charge is 0.338 e. The second-order valence-electron chi connectivity index (χ2n) is 5.13. The van der Waals surface area contributed by atoms with Crippen molar-refractivity contribution in [1.82, 2.24) is 5.06 Å². The highest BCUT2D eigenvalue weighted by Crippen LogP contribution is 2.48. The van der Waals surface area contributed by atoms with Crippen LogP contribution in [0.2, 0.25) is 0 Å². The van der Waals surface area contributed by atoms with Gasteiger partial charge in [-0.05, 0) is 34.6 Å². The number of carbonyl (C=O) groups is 1. The average molecular weight is 256 g/mol. The van der Waals surface area contributed by atoms with E-state index in [1.54, 1.807) is 0 Å². The zero-order valence-corrected chi connectivity index (χ0v) is 10.5. The van der Waals surface area contributed by atoms with Crippen molar-refractivity contribution in [2.45, 2.75) is 12.3 Å². The Morgan fingerprint density at radius 2 is 2.00 bits per heavy atom. The van der Waals surface area contributed by atoms with Crippen LogP contribution in [0.4, 0.5) is 4.79 Å². The minimum atomic E-state index is -0.788. The largest absolute Gasteiger partial charge is 0.350 e. The number of primary amides is 1. The summed E-state index contributed by atoms with van der Waals surface area (Å²) in [6.45, 7) is 0.312. The fraction of sp³-hybridized carbons (Fsp3) is 0.267. The van der Waals surface area contributed by atoms with Gasteiger partial charge in [-0.3, -0.25) is 5.21 Å². The van der Waals surface area contributed by atoms with E-state index in [1.165, 1.54) is 16.3 Å². The number of nitrogens with zero attached hydrogens (tertiary/aromatic N) is 1. The first-order chi connectivity index (χ1) is 9.15. The molecule has 2 unspecified atom stereocenters. The number of amides is 2. The van der Waals surface area contributed by atoms with Crippen molar-refractivity contribution >= 4 is 16.8 Å². The van der Waals surface area contributed by atoms with Crippen molar-refractivity contribution in [1.29, 1.82) is 0 Å². The molecule has 19 heavy (non-hydrogen) atoms. The third-order valence-corrected chi connectivity index (χ3v) is 3.79. The van der Waals surface area contributed by atoms with Gasteiger partial charge >= 0.3 is 6.03 Å². The highest BCUT2D eigenvalue weighted by Gasteiger charge is 2.39. The van der Waals surface area contributed by atoms with Gasteiger partial charge in [-0.1, -0.05) is 42.5 Å². The third-order valence-electron chi connectivity index (χ3n) is 3.79. The molecule has 2 amide bonds. The van der Waals surface area contributed by atoms with Gasteiger partial charge in [0, 0.05) is 0 Å². The Morgan fingerprint density at radius 1 is 1.26 bits per heavy atom. The average Bonchev–Trinajstić information content (AvgIpc) is 3.17. The molecule has 4 nitrogen and oxygen atoms in total. The van der Waals surface area contributed by atoms with E-state index in [1.807, 2.05) is 12.1 Å². The number of benzene rings is 2. The fourth-order valence-corrected chi connectivity index (χ4v) is 2.61. The monoisotopic (exact) mass is 256 g/mol. The molecule has 1 aliphatic carbocycles. The topological polar surface area (TPSA) is 66.6 Å². The first kappa shape index (κ1) is 12.0. The molecule has 4 heteroatoms. The summed E-state index contributed by atoms with van der Waals surface area (Å²) in [6.07, 6.45) is 0.989. The first-order valence-corrected chi connectivity index (χ1v) is 6.39. The number of hydroxylamine groups is 2. The van der Waals surface area contributed by atoms with Crippen molar-refractivity contribution in [2.24, 2.45) is 11.7 Å². The Morgan fingerprint density at radius 3 is 2.74 bits per heavy atom. The lowest BCUT2D eigenvalue weighted by Crippen LogP contribution is -2.34. The third kappa shape index (κ3) is 2.39. The predicted molar refractivity (Wildman–Crippen MR) is 72.9 cm³/mol. The van der Waals surface area contributed by atoms with E-state index in [-0.39, 0.29) is 0 Å². The van der Waals surface area contributed by atoms with Crippen LogP contribution in [-0.4, -0.2) is 22.8 Å². The number of urea groups is 1. The molecule has 0 spiro atoms. The highest BCUT2D eigenvalue weighted by atomic mass is 16.5. The summed E-state index contributed by atoms with van der Waals surface area (Å²) in [7, 11) is 0. The van der Waals surface area contributed by atoms with E-state index in [0.717, 1.165) is 6.42 Å². The second-order valence-corrected chi connectivity index (χ2v) is 5.13. The molecule has 1 fully saturated rings. The molecule has 1 saturated carbocycles. The van der Waals surface area contributed by atoms with Crippen molar-refractivity contribution in [3.8, 4) is 0 Å². The zero-order valence-electron chi connectivity index (χ0n) is 10.5. The van der Waals surface area contributed by atoms with Gasteiger partial charge < -0.3 is 5.73 Å². The number of carbonyl (C=O) groups excluding carboxylic acids is 1. The van der Waals surface area contributed by atoms with E-state index in [4.69, 9.17) is 5.73 Å². The summed E-state index contributed by atoms with van der Waals surface area (Å²) in [5.74, 6) is 0.720. The summed E-state index contributed by atoms with van der Waals surface area (Å²) in [5.41, 5.74) is 6.27. The lowest BCUT2D eigenvalue weighted by atomic mass is 10.0. The minimum Gasteiger partial charge on any atom is -0.350 e. The first-order valence-electron chi connectivity index (χ1n) is 6.39. The molecule has 2 aromatic rings. The van der Waals surface area contributed by atoms with Crippen LogP contribution in [0.3, 0.4) is 0 Å². The molecule has 1 aliphatic rings. The van der Waals surface area contributed by atoms with Gasteiger partial charge in [0.15, 0.2) is 0 Å². The van der Waals surface area contributed by atoms with Crippen molar-refractivity contribution < 1.29 is 10.0 Å². The van der Waals surface area contributed by atoms with E-state index in [9.17, 15) is 10.0 Å². The Kier molecular flexibility index (Phi) is 2.87. The number of nitrogens with two attached hydrogens (primary N) is 1. The van der Waals surface area contributed by atoms with E-state index < -0.39 is 6.03 Å². The van der Waals surface area contributed by atoms with Crippen LogP contribution >= 0.6 is 0 Å². The lowest BCUT2D eigenvalue weighted by molar-refractivity contribution is -0.0431. The molecule has 0 radical (unpaired) electrons. The zero-order chi connectivity index (χ0) is 13.4. The Balaban J connectivity index is 1.74. The van der Waals surface area contributed by atoms with Crippen molar-refractivity contribution in [3.05, 3.63) is 48.0 Å². The van der Waals surface area contributed by atoms with E-state index in [2.05, 4.69) is 30.3 Å². The maximum Gasteiger partial charge on any atom is 0.338 e. The van der Waals surface area contributed by atoms with Gasteiger partial charge in [0.2, 0.25) is 0 Å². The highest BCUT2D eigenvalue weighted by molar-refractivity contribution is 5.83. The summed E-state index contributed by atoms with van der Waals surface area (Å²) < 4.78 is 0. The number of hydrogen-bond donors (Lipinski definition) is 2. The van der Waals surface area contributed by atoms with Crippen LogP contribution in [0.15, 0.2) is 42.5 Å². The summed E-state index contributed by atoms with van der Waals surface area (Å²) >= 11 is 0. The Bertz CT molecular complexity index is 626.